The Morgan fingerprint density at radius 2 is 1.15 bits per heavy atom. The second-order valence-electron chi connectivity index (χ2n) is 11.8. The lowest BCUT2D eigenvalue weighted by molar-refractivity contribution is 0.00578. The van der Waals surface area contributed by atoms with Crippen LogP contribution < -0.4 is 5.46 Å². The van der Waals surface area contributed by atoms with Crippen molar-refractivity contribution in [2.45, 2.75) is 51.7 Å². The summed E-state index contributed by atoms with van der Waals surface area (Å²) in [5.41, 5.74) is 8.16. The Morgan fingerprint density at radius 1 is 0.615 bits per heavy atom. The van der Waals surface area contributed by atoms with Gasteiger partial charge in [0.1, 0.15) is 0 Å². The minimum Gasteiger partial charge on any atom is -0.399 e. The normalized spacial score (nSPS) is 17.6. The molecule has 39 heavy (non-hydrogen) atoms. The first-order valence-electron chi connectivity index (χ1n) is 14.0. The minimum atomic E-state index is -0.368. The molecule has 0 spiro atoms. The molecule has 0 unspecified atom stereocenters. The van der Waals surface area contributed by atoms with Crippen LogP contribution in [0.25, 0.3) is 49.9 Å². The van der Waals surface area contributed by atoms with Gasteiger partial charge in [0.2, 0.25) is 0 Å². The van der Waals surface area contributed by atoms with Gasteiger partial charge in [-0.05, 0) is 101 Å². The smallest absolute Gasteiger partial charge is 0.399 e. The Kier molecular flexibility index (Phi) is 5.59. The highest BCUT2D eigenvalue weighted by Gasteiger charge is 2.52. The Balaban J connectivity index is 1.51. The SMILES string of the molecule is CC1(C)OB(c2ccc(-c3c4ccccc4c(-c4ccccc4)c4ccccc34)c3c2CCC=C3)OC1(C)C. The van der Waals surface area contributed by atoms with Gasteiger partial charge in [-0.25, -0.2) is 0 Å². The van der Waals surface area contributed by atoms with E-state index in [0.29, 0.717) is 0 Å². The maximum Gasteiger partial charge on any atom is 0.495 e. The van der Waals surface area contributed by atoms with E-state index in [1.165, 1.54) is 54.9 Å². The third-order valence-corrected chi connectivity index (χ3v) is 9.01. The van der Waals surface area contributed by atoms with E-state index in [1.54, 1.807) is 0 Å². The lowest BCUT2D eigenvalue weighted by Crippen LogP contribution is -2.41. The number of hydrogen-bond donors (Lipinski definition) is 0. The van der Waals surface area contributed by atoms with E-state index in [4.69, 9.17) is 9.31 Å². The second kappa shape index (κ2) is 8.94. The van der Waals surface area contributed by atoms with Gasteiger partial charge in [0, 0.05) is 0 Å². The topological polar surface area (TPSA) is 18.5 Å². The van der Waals surface area contributed by atoms with Crippen LogP contribution in [0.1, 0.15) is 45.2 Å². The molecule has 0 N–H and O–H groups in total. The highest BCUT2D eigenvalue weighted by Crippen LogP contribution is 2.45. The molecule has 1 heterocycles. The van der Waals surface area contributed by atoms with E-state index < -0.39 is 0 Å². The van der Waals surface area contributed by atoms with E-state index in [0.717, 1.165) is 18.3 Å². The average molecular weight is 508 g/mol. The van der Waals surface area contributed by atoms with E-state index in [2.05, 4.69) is 131 Å². The summed E-state index contributed by atoms with van der Waals surface area (Å²) < 4.78 is 13.0. The Labute approximate surface area is 231 Å². The largest absolute Gasteiger partial charge is 0.495 e. The molecule has 0 amide bonds. The van der Waals surface area contributed by atoms with Gasteiger partial charge in [0.15, 0.2) is 0 Å². The summed E-state index contributed by atoms with van der Waals surface area (Å²) in [6, 6.07) is 33.1. The van der Waals surface area contributed by atoms with Crippen LogP contribution in [0.2, 0.25) is 0 Å². The van der Waals surface area contributed by atoms with Crippen molar-refractivity contribution in [3.05, 3.63) is 108 Å². The van der Waals surface area contributed by atoms with Crippen LogP contribution in [-0.2, 0) is 15.7 Å². The Hall–Kier alpha value is -3.66. The fraction of sp³-hybridized carbons (Fsp3) is 0.222. The quantitative estimate of drug-likeness (QED) is 0.180. The predicted molar refractivity (Wildman–Crippen MR) is 165 cm³/mol. The molecule has 3 heteroatoms. The van der Waals surface area contributed by atoms with Gasteiger partial charge in [-0.2, -0.15) is 0 Å². The van der Waals surface area contributed by atoms with Crippen LogP contribution in [0.4, 0.5) is 0 Å². The lowest BCUT2D eigenvalue weighted by Gasteiger charge is -2.32. The van der Waals surface area contributed by atoms with Gasteiger partial charge >= 0.3 is 7.12 Å². The average Bonchev–Trinajstić information content (AvgIpc) is 3.17. The van der Waals surface area contributed by atoms with E-state index in [1.807, 2.05) is 0 Å². The molecule has 1 aliphatic heterocycles. The van der Waals surface area contributed by atoms with Crippen LogP contribution in [0, 0.1) is 0 Å². The first kappa shape index (κ1) is 24.4. The molecule has 192 valence electrons. The molecular formula is C36H33BO2. The van der Waals surface area contributed by atoms with Crippen molar-refractivity contribution in [2.24, 2.45) is 0 Å². The van der Waals surface area contributed by atoms with Crippen LogP contribution >= 0.6 is 0 Å². The van der Waals surface area contributed by atoms with Crippen molar-refractivity contribution in [3.63, 3.8) is 0 Å². The van der Waals surface area contributed by atoms with Gasteiger partial charge in [0.05, 0.1) is 11.2 Å². The van der Waals surface area contributed by atoms with Crippen molar-refractivity contribution in [1.82, 2.24) is 0 Å². The molecule has 0 saturated carbocycles. The minimum absolute atomic E-state index is 0.363. The molecule has 1 aliphatic carbocycles. The lowest BCUT2D eigenvalue weighted by atomic mass is 9.71. The van der Waals surface area contributed by atoms with E-state index in [9.17, 15) is 0 Å². The fourth-order valence-corrected chi connectivity index (χ4v) is 6.32. The molecule has 1 saturated heterocycles. The summed E-state index contributed by atoms with van der Waals surface area (Å²) >= 11 is 0. The van der Waals surface area contributed by atoms with Crippen molar-refractivity contribution in [3.8, 4) is 22.3 Å². The molecule has 0 atom stereocenters. The van der Waals surface area contributed by atoms with Crippen molar-refractivity contribution in [2.75, 3.05) is 0 Å². The van der Waals surface area contributed by atoms with Crippen LogP contribution in [-0.4, -0.2) is 18.3 Å². The summed E-state index contributed by atoms with van der Waals surface area (Å²) in [4.78, 5) is 0. The third-order valence-electron chi connectivity index (χ3n) is 9.01. The Morgan fingerprint density at radius 3 is 1.74 bits per heavy atom. The van der Waals surface area contributed by atoms with Gasteiger partial charge in [-0.3, -0.25) is 0 Å². The molecule has 2 aliphatic rings. The summed E-state index contributed by atoms with van der Waals surface area (Å²) in [5.74, 6) is 0. The molecular weight excluding hydrogens is 475 g/mol. The standard InChI is InChI=1S/C36H33BO2/c1-35(2)36(3,4)39-37(38-35)32-23-22-31(25-16-8-9-17-26(25)32)34-29-20-12-10-18-27(29)33(24-14-6-5-7-15-24)28-19-11-13-21-30(28)34/h5-8,10-16,18-23H,9,17H2,1-4H3. The van der Waals surface area contributed by atoms with Gasteiger partial charge in [-0.1, -0.05) is 103 Å². The van der Waals surface area contributed by atoms with Crippen molar-refractivity contribution >= 4 is 40.2 Å². The first-order valence-corrected chi connectivity index (χ1v) is 14.0. The van der Waals surface area contributed by atoms with Crippen molar-refractivity contribution in [1.29, 1.82) is 0 Å². The van der Waals surface area contributed by atoms with Crippen LogP contribution in [0.15, 0.2) is 97.1 Å². The molecule has 2 nitrogen and oxygen atoms in total. The number of rotatable bonds is 3. The van der Waals surface area contributed by atoms with Crippen LogP contribution in [0.5, 0.6) is 0 Å². The second-order valence-corrected chi connectivity index (χ2v) is 11.8. The molecule has 1 fully saturated rings. The summed E-state index contributed by atoms with van der Waals surface area (Å²) in [7, 11) is -0.363. The summed E-state index contributed by atoms with van der Waals surface area (Å²) in [5, 5.41) is 5.11. The monoisotopic (exact) mass is 508 g/mol. The number of hydrogen-bond acceptors (Lipinski definition) is 2. The summed E-state index contributed by atoms with van der Waals surface area (Å²) in [6.45, 7) is 8.50. The molecule has 5 aromatic rings. The van der Waals surface area contributed by atoms with Crippen molar-refractivity contribution < 1.29 is 9.31 Å². The van der Waals surface area contributed by atoms with Gasteiger partial charge in [-0.15, -0.1) is 0 Å². The molecule has 7 rings (SSSR count). The number of fused-ring (bicyclic) bond motifs is 3. The zero-order chi connectivity index (χ0) is 26.8. The summed E-state index contributed by atoms with van der Waals surface area (Å²) in [6.07, 6.45) is 6.63. The fourth-order valence-electron chi connectivity index (χ4n) is 6.32. The molecule has 0 radical (unpaired) electrons. The molecule has 0 aromatic heterocycles. The number of allylic oxidation sites excluding steroid dienone is 1. The van der Waals surface area contributed by atoms with Crippen LogP contribution in [0.3, 0.4) is 0 Å². The maximum atomic E-state index is 6.52. The highest BCUT2D eigenvalue weighted by molar-refractivity contribution is 6.62. The first-order chi connectivity index (χ1) is 18.9. The zero-order valence-electron chi connectivity index (χ0n) is 23.1. The number of benzene rings is 5. The van der Waals surface area contributed by atoms with Gasteiger partial charge in [0.25, 0.3) is 0 Å². The molecule has 0 bridgehead atoms. The van der Waals surface area contributed by atoms with E-state index in [-0.39, 0.29) is 18.3 Å². The van der Waals surface area contributed by atoms with E-state index >= 15 is 0 Å². The maximum absolute atomic E-state index is 6.52. The zero-order valence-corrected chi connectivity index (χ0v) is 23.1. The highest BCUT2D eigenvalue weighted by atomic mass is 16.7. The third kappa shape index (κ3) is 3.79. The molecule has 5 aromatic carbocycles. The van der Waals surface area contributed by atoms with Gasteiger partial charge < -0.3 is 9.31 Å². The Bertz CT molecular complexity index is 1690. The predicted octanol–water partition coefficient (Wildman–Crippen LogP) is 8.59.